The van der Waals surface area contributed by atoms with E-state index in [4.69, 9.17) is 0 Å². The number of nitrogens with one attached hydrogen (secondary N) is 2. The first-order valence-corrected chi connectivity index (χ1v) is 15.3. The van der Waals surface area contributed by atoms with Crippen molar-refractivity contribution in [1.82, 2.24) is 0 Å². The maximum Gasteiger partial charge on any atom is 0.147 e. The van der Waals surface area contributed by atoms with Gasteiger partial charge in [0.15, 0.2) is 0 Å². The highest BCUT2D eigenvalue weighted by atomic mass is 28.3. The van der Waals surface area contributed by atoms with Crippen LogP contribution < -0.4 is 9.96 Å². The zero-order chi connectivity index (χ0) is 17.8. The minimum Gasteiger partial charge on any atom is -0.410 e. The molecule has 2 nitrogen and oxygen atoms in total. The van der Waals surface area contributed by atoms with Gasteiger partial charge in [0.1, 0.15) is 16.5 Å². The van der Waals surface area contributed by atoms with E-state index < -0.39 is 16.5 Å². The van der Waals surface area contributed by atoms with Gasteiger partial charge in [-0.05, 0) is 49.2 Å². The van der Waals surface area contributed by atoms with Crippen molar-refractivity contribution in [2.75, 3.05) is 9.96 Å². The van der Waals surface area contributed by atoms with Crippen molar-refractivity contribution in [2.45, 2.75) is 52.1 Å². The van der Waals surface area contributed by atoms with E-state index >= 15 is 0 Å². The van der Waals surface area contributed by atoms with Crippen LogP contribution in [0.5, 0.6) is 0 Å². The Bertz CT molecular complexity index is 621. The van der Waals surface area contributed by atoms with Crippen molar-refractivity contribution in [3.8, 4) is 0 Å². The molecule has 0 spiro atoms. The van der Waals surface area contributed by atoms with Gasteiger partial charge in [0, 0.05) is 11.4 Å². The number of rotatable bonds is 7. The third-order valence-electron chi connectivity index (χ3n) is 4.61. The van der Waals surface area contributed by atoms with Gasteiger partial charge in [-0.2, -0.15) is 0 Å². The third kappa shape index (κ3) is 5.53. The largest absolute Gasteiger partial charge is 0.410 e. The molecule has 0 aliphatic carbocycles. The summed E-state index contributed by atoms with van der Waals surface area (Å²) in [7, 11) is -2.94. The van der Waals surface area contributed by atoms with Gasteiger partial charge < -0.3 is 9.96 Å². The van der Waals surface area contributed by atoms with Crippen LogP contribution >= 0.6 is 0 Å². The minimum atomic E-state index is -1.47. The average molecular weight is 357 g/mol. The molecule has 0 bridgehead atoms. The van der Waals surface area contributed by atoms with E-state index in [9.17, 15) is 0 Å². The van der Waals surface area contributed by atoms with Crippen molar-refractivity contribution >= 4 is 27.8 Å². The zero-order valence-corrected chi connectivity index (χ0v) is 18.0. The van der Waals surface area contributed by atoms with Gasteiger partial charge in [-0.15, -0.1) is 0 Å². The standard InChI is InChI=1S/C20H32N2Si2/c1-17-11-7-9-13-19(17)21-23(3,4)15-16-24(5,6)22-20-14-10-8-12-18(20)2/h7-14,21-22H,15-16H2,1-6H3. The summed E-state index contributed by atoms with van der Waals surface area (Å²) >= 11 is 0. The zero-order valence-electron chi connectivity index (χ0n) is 16.0. The Kier molecular flexibility index (Phi) is 5.94. The third-order valence-corrected chi connectivity index (χ3v) is 10.0. The molecular formula is C20H32N2Si2. The van der Waals surface area contributed by atoms with E-state index in [0.717, 1.165) is 0 Å². The van der Waals surface area contributed by atoms with Gasteiger partial charge in [-0.1, -0.05) is 62.6 Å². The maximum absolute atomic E-state index is 3.87. The summed E-state index contributed by atoms with van der Waals surface area (Å²) in [4.78, 5) is 7.74. The monoisotopic (exact) mass is 356 g/mol. The summed E-state index contributed by atoms with van der Waals surface area (Å²) in [5, 5.41) is 0. The number of aryl methyl sites for hydroxylation is 2. The van der Waals surface area contributed by atoms with Crippen LogP contribution in [0.25, 0.3) is 0 Å². The molecule has 0 saturated carbocycles. The van der Waals surface area contributed by atoms with Gasteiger partial charge in [0.05, 0.1) is 0 Å². The molecule has 2 aromatic rings. The summed E-state index contributed by atoms with van der Waals surface area (Å²) < 4.78 is 0. The minimum absolute atomic E-state index is 1.29. The van der Waals surface area contributed by atoms with Crippen LogP contribution in [0.4, 0.5) is 11.4 Å². The molecule has 0 amide bonds. The van der Waals surface area contributed by atoms with Crippen molar-refractivity contribution < 1.29 is 0 Å². The van der Waals surface area contributed by atoms with Gasteiger partial charge in [-0.3, -0.25) is 0 Å². The number of benzene rings is 2. The first-order valence-electron chi connectivity index (χ1n) is 8.86. The van der Waals surface area contributed by atoms with Crippen molar-refractivity contribution in [3.63, 3.8) is 0 Å². The van der Waals surface area contributed by atoms with E-state index in [1.54, 1.807) is 0 Å². The van der Waals surface area contributed by atoms with E-state index in [2.05, 4.69) is 98.5 Å². The molecule has 0 aliphatic rings. The SMILES string of the molecule is Cc1ccccc1N[Si](C)(C)CC[Si](C)(C)Nc1ccccc1C. The van der Waals surface area contributed by atoms with Crippen LogP contribution in [-0.4, -0.2) is 16.5 Å². The lowest BCUT2D eigenvalue weighted by molar-refractivity contribution is 1.25. The summed E-state index contributed by atoms with van der Waals surface area (Å²) in [6.45, 7) is 14.1. The molecule has 2 N–H and O–H groups in total. The van der Waals surface area contributed by atoms with Crippen LogP contribution in [-0.2, 0) is 0 Å². The Balaban J connectivity index is 1.97. The summed E-state index contributed by atoms with van der Waals surface area (Å²) in [6.07, 6.45) is 0. The van der Waals surface area contributed by atoms with Gasteiger partial charge >= 0.3 is 0 Å². The van der Waals surface area contributed by atoms with Gasteiger partial charge in [-0.25, -0.2) is 0 Å². The maximum atomic E-state index is 3.87. The number of hydrogen-bond donors (Lipinski definition) is 2. The van der Waals surface area contributed by atoms with E-state index in [0.29, 0.717) is 0 Å². The van der Waals surface area contributed by atoms with Gasteiger partial charge in [0.25, 0.3) is 0 Å². The topological polar surface area (TPSA) is 24.1 Å². The van der Waals surface area contributed by atoms with Crippen LogP contribution in [0.3, 0.4) is 0 Å². The summed E-state index contributed by atoms with van der Waals surface area (Å²) in [5.41, 5.74) is 5.29. The van der Waals surface area contributed by atoms with Crippen molar-refractivity contribution in [2.24, 2.45) is 0 Å². The molecule has 0 aliphatic heterocycles. The lowest BCUT2D eigenvalue weighted by Gasteiger charge is -2.32. The Hall–Kier alpha value is -1.53. The molecule has 0 saturated heterocycles. The molecule has 0 radical (unpaired) electrons. The van der Waals surface area contributed by atoms with E-state index in [1.165, 1.54) is 34.6 Å². The fourth-order valence-corrected chi connectivity index (χ4v) is 10.2. The van der Waals surface area contributed by atoms with E-state index in [1.807, 2.05) is 0 Å². The van der Waals surface area contributed by atoms with E-state index in [-0.39, 0.29) is 0 Å². The lowest BCUT2D eigenvalue weighted by Crippen LogP contribution is -2.43. The molecular weight excluding hydrogens is 324 g/mol. The summed E-state index contributed by atoms with van der Waals surface area (Å²) in [5.74, 6) is 0. The van der Waals surface area contributed by atoms with Crippen LogP contribution in [0.15, 0.2) is 48.5 Å². The van der Waals surface area contributed by atoms with Gasteiger partial charge in [0.2, 0.25) is 0 Å². The fourth-order valence-electron chi connectivity index (χ4n) is 2.91. The molecule has 2 rings (SSSR count). The highest BCUT2D eigenvalue weighted by Gasteiger charge is 2.28. The molecule has 2 aromatic carbocycles. The fraction of sp³-hybridized carbons (Fsp3) is 0.400. The number of hydrogen-bond acceptors (Lipinski definition) is 2. The Labute approximate surface area is 149 Å². The molecule has 24 heavy (non-hydrogen) atoms. The Morgan fingerprint density at radius 3 is 1.29 bits per heavy atom. The molecule has 0 aromatic heterocycles. The second-order valence-corrected chi connectivity index (χ2v) is 17.2. The van der Waals surface area contributed by atoms with Crippen LogP contribution in [0, 0.1) is 13.8 Å². The molecule has 4 heteroatoms. The Morgan fingerprint density at radius 2 is 0.958 bits per heavy atom. The molecule has 0 heterocycles. The van der Waals surface area contributed by atoms with Crippen LogP contribution in [0.1, 0.15) is 11.1 Å². The predicted molar refractivity (Wildman–Crippen MR) is 114 cm³/mol. The lowest BCUT2D eigenvalue weighted by atomic mass is 10.2. The smallest absolute Gasteiger partial charge is 0.147 e. The number of para-hydroxylation sites is 2. The first-order chi connectivity index (χ1) is 11.2. The average Bonchev–Trinajstić information content (AvgIpc) is 2.50. The Morgan fingerprint density at radius 1 is 0.625 bits per heavy atom. The normalized spacial score (nSPS) is 12.1. The summed E-state index contributed by atoms with van der Waals surface area (Å²) in [6, 6.07) is 19.8. The first kappa shape index (κ1) is 18.8. The predicted octanol–water partition coefficient (Wildman–Crippen LogP) is 6.24. The molecule has 0 atom stereocenters. The van der Waals surface area contributed by atoms with Crippen molar-refractivity contribution in [1.29, 1.82) is 0 Å². The van der Waals surface area contributed by atoms with Crippen molar-refractivity contribution in [3.05, 3.63) is 59.7 Å². The highest BCUT2D eigenvalue weighted by Crippen LogP contribution is 2.26. The highest BCUT2D eigenvalue weighted by molar-refractivity contribution is 6.85. The quantitative estimate of drug-likeness (QED) is 0.574. The molecule has 130 valence electrons. The molecule has 0 fully saturated rings. The second-order valence-electron chi connectivity index (χ2n) is 8.15. The number of anilines is 2. The second kappa shape index (κ2) is 7.57. The molecule has 0 unspecified atom stereocenters. The van der Waals surface area contributed by atoms with Crippen LogP contribution in [0.2, 0.25) is 38.3 Å².